The second kappa shape index (κ2) is 6.43. The highest BCUT2D eigenvalue weighted by Crippen LogP contribution is 2.38. The van der Waals surface area contributed by atoms with Gasteiger partial charge >= 0.3 is 12.1 Å². The minimum absolute atomic E-state index is 0.0239. The van der Waals surface area contributed by atoms with Gasteiger partial charge in [0.15, 0.2) is 5.65 Å². The number of aromatic nitrogens is 5. The van der Waals surface area contributed by atoms with Crippen molar-refractivity contribution in [1.82, 2.24) is 24.5 Å². The van der Waals surface area contributed by atoms with E-state index in [2.05, 4.69) is 15.2 Å². The number of hydrogen-bond acceptors (Lipinski definition) is 5. The van der Waals surface area contributed by atoms with Gasteiger partial charge in [0.05, 0.1) is 35.1 Å². The Hall–Kier alpha value is -2.91. The van der Waals surface area contributed by atoms with Crippen LogP contribution in [0.1, 0.15) is 18.2 Å². The molecule has 0 spiro atoms. The van der Waals surface area contributed by atoms with E-state index in [0.29, 0.717) is 5.56 Å². The van der Waals surface area contributed by atoms with E-state index in [9.17, 15) is 18.0 Å². The Morgan fingerprint density at radius 1 is 1.35 bits per heavy atom. The quantitative estimate of drug-likeness (QED) is 0.663. The Kier molecular flexibility index (Phi) is 4.43. The highest BCUT2D eigenvalue weighted by Gasteiger charge is 2.36. The summed E-state index contributed by atoms with van der Waals surface area (Å²) in [6, 6.07) is 0.975. The van der Waals surface area contributed by atoms with Gasteiger partial charge in [0.25, 0.3) is 0 Å². The molecular weight excluding hydrogens is 351 g/mol. The van der Waals surface area contributed by atoms with Crippen LogP contribution in [0.15, 0.2) is 18.5 Å². The number of esters is 1. The second-order valence-electron chi connectivity index (χ2n) is 5.70. The second-order valence-corrected chi connectivity index (χ2v) is 5.70. The molecule has 0 aliphatic rings. The molecule has 3 aromatic heterocycles. The largest absolute Gasteiger partial charge is 0.465 e. The van der Waals surface area contributed by atoms with Crippen molar-refractivity contribution in [2.45, 2.75) is 26.6 Å². The zero-order valence-electron chi connectivity index (χ0n) is 14.3. The van der Waals surface area contributed by atoms with Crippen LogP contribution < -0.4 is 0 Å². The molecule has 0 saturated heterocycles. The Morgan fingerprint density at radius 2 is 2.08 bits per heavy atom. The number of aryl methyl sites for hydroxylation is 2. The Labute approximate surface area is 146 Å². The lowest BCUT2D eigenvalue weighted by Gasteiger charge is -2.11. The van der Waals surface area contributed by atoms with E-state index in [4.69, 9.17) is 4.74 Å². The number of rotatable bonds is 4. The topological polar surface area (TPSA) is 74.8 Å². The average Bonchev–Trinajstić information content (AvgIpc) is 3.10. The first kappa shape index (κ1) is 17.9. The van der Waals surface area contributed by atoms with Crippen molar-refractivity contribution in [3.8, 4) is 11.3 Å². The van der Waals surface area contributed by atoms with Crippen molar-refractivity contribution < 1.29 is 22.7 Å². The van der Waals surface area contributed by atoms with Crippen molar-refractivity contribution in [2.24, 2.45) is 7.05 Å². The predicted molar refractivity (Wildman–Crippen MR) is 86.1 cm³/mol. The normalized spacial score (nSPS) is 11.9. The fraction of sp³-hybridized carbons (Fsp3) is 0.375. The highest BCUT2D eigenvalue weighted by atomic mass is 19.4. The number of carbonyl (C=O) groups is 1. The monoisotopic (exact) mass is 367 g/mol. The van der Waals surface area contributed by atoms with E-state index >= 15 is 0 Å². The molecule has 10 heteroatoms. The predicted octanol–water partition coefficient (Wildman–Crippen LogP) is 2.72. The summed E-state index contributed by atoms with van der Waals surface area (Å²) in [7, 11) is 1.65. The van der Waals surface area contributed by atoms with E-state index in [1.54, 1.807) is 20.2 Å². The van der Waals surface area contributed by atoms with Crippen molar-refractivity contribution in [1.29, 1.82) is 0 Å². The van der Waals surface area contributed by atoms with Crippen molar-refractivity contribution in [2.75, 3.05) is 6.61 Å². The van der Waals surface area contributed by atoms with Crippen LogP contribution in [0.25, 0.3) is 22.3 Å². The molecule has 0 atom stereocenters. The Balaban J connectivity index is 2.24. The molecule has 7 nitrogen and oxygen atoms in total. The van der Waals surface area contributed by atoms with Gasteiger partial charge in [0.1, 0.15) is 6.54 Å². The number of ether oxygens (including phenoxy) is 1. The molecule has 0 saturated carbocycles. The van der Waals surface area contributed by atoms with E-state index < -0.39 is 17.7 Å². The maximum Gasteiger partial charge on any atom is 0.417 e. The summed E-state index contributed by atoms with van der Waals surface area (Å²) in [6.07, 6.45) is -1.61. The van der Waals surface area contributed by atoms with Crippen LogP contribution in [-0.4, -0.2) is 37.1 Å². The molecule has 3 heterocycles. The first-order valence-corrected chi connectivity index (χ1v) is 7.80. The number of halogens is 3. The van der Waals surface area contributed by atoms with Crippen LogP contribution in [0.4, 0.5) is 13.2 Å². The van der Waals surface area contributed by atoms with Gasteiger partial charge in [-0.15, -0.1) is 0 Å². The van der Waals surface area contributed by atoms with E-state index in [1.807, 2.05) is 0 Å². The summed E-state index contributed by atoms with van der Waals surface area (Å²) in [5, 5.41) is 7.89. The van der Waals surface area contributed by atoms with Crippen LogP contribution in [0.5, 0.6) is 0 Å². The number of pyridine rings is 1. The summed E-state index contributed by atoms with van der Waals surface area (Å²) in [4.78, 5) is 16.1. The van der Waals surface area contributed by atoms with Gasteiger partial charge in [-0.05, 0) is 19.9 Å². The first-order valence-electron chi connectivity index (χ1n) is 7.80. The SMILES string of the molecule is CCOC(=O)Cn1nc(C)c2c(C(F)(F)F)cc(-c3cnn(C)c3)nc21. The zero-order valence-corrected chi connectivity index (χ0v) is 14.3. The van der Waals surface area contributed by atoms with E-state index in [0.717, 1.165) is 10.7 Å². The summed E-state index contributed by atoms with van der Waals surface area (Å²) < 4.78 is 48.3. The third-order valence-corrected chi connectivity index (χ3v) is 3.77. The molecule has 0 amide bonds. The summed E-state index contributed by atoms with van der Waals surface area (Å²) in [5.41, 5.74) is -0.204. The Bertz CT molecular complexity index is 974. The van der Waals surface area contributed by atoms with Crippen molar-refractivity contribution >= 4 is 17.0 Å². The lowest BCUT2D eigenvalue weighted by atomic mass is 10.1. The standard InChI is InChI=1S/C16H16F3N5O2/c1-4-26-13(25)8-24-15-14(9(2)22-24)11(16(17,18)19)5-12(21-15)10-6-20-23(3)7-10/h5-7H,4,8H2,1-3H3. The molecule has 26 heavy (non-hydrogen) atoms. The van der Waals surface area contributed by atoms with Crippen LogP contribution in [0, 0.1) is 6.92 Å². The molecule has 0 N–H and O–H groups in total. The smallest absolute Gasteiger partial charge is 0.417 e. The van der Waals surface area contributed by atoms with E-state index in [1.165, 1.54) is 17.8 Å². The van der Waals surface area contributed by atoms with Gasteiger partial charge in [-0.2, -0.15) is 23.4 Å². The number of carbonyl (C=O) groups excluding carboxylic acids is 1. The zero-order chi connectivity index (χ0) is 19.1. The molecule has 0 aromatic carbocycles. The Morgan fingerprint density at radius 3 is 2.65 bits per heavy atom. The first-order chi connectivity index (χ1) is 12.2. The van der Waals surface area contributed by atoms with Crippen molar-refractivity contribution in [3.05, 3.63) is 29.7 Å². The lowest BCUT2D eigenvalue weighted by molar-refractivity contribution is -0.144. The van der Waals surface area contributed by atoms with Gasteiger partial charge in [-0.25, -0.2) is 9.67 Å². The van der Waals surface area contributed by atoms with Crippen molar-refractivity contribution in [3.63, 3.8) is 0 Å². The average molecular weight is 367 g/mol. The highest BCUT2D eigenvalue weighted by molar-refractivity contribution is 5.86. The number of hydrogen-bond donors (Lipinski definition) is 0. The minimum Gasteiger partial charge on any atom is -0.465 e. The molecule has 0 fully saturated rings. The van der Waals surface area contributed by atoms with Gasteiger partial charge in [0.2, 0.25) is 0 Å². The van der Waals surface area contributed by atoms with Gasteiger partial charge in [-0.1, -0.05) is 0 Å². The van der Waals surface area contributed by atoms with Gasteiger partial charge < -0.3 is 4.74 Å². The molecule has 3 rings (SSSR count). The van der Waals surface area contributed by atoms with Gasteiger partial charge in [0, 0.05) is 18.8 Å². The van der Waals surface area contributed by atoms with Crippen LogP contribution >= 0.6 is 0 Å². The molecule has 0 radical (unpaired) electrons. The van der Waals surface area contributed by atoms with Crippen LogP contribution in [-0.2, 0) is 29.3 Å². The third-order valence-electron chi connectivity index (χ3n) is 3.77. The van der Waals surface area contributed by atoms with Gasteiger partial charge in [-0.3, -0.25) is 9.48 Å². The molecule has 0 unspecified atom stereocenters. The summed E-state index contributed by atoms with van der Waals surface area (Å²) in [6.45, 7) is 2.94. The maximum absolute atomic E-state index is 13.6. The number of fused-ring (bicyclic) bond motifs is 1. The number of alkyl halides is 3. The summed E-state index contributed by atoms with van der Waals surface area (Å²) >= 11 is 0. The fourth-order valence-electron chi connectivity index (χ4n) is 2.72. The molecule has 0 aliphatic heterocycles. The van der Waals surface area contributed by atoms with Crippen LogP contribution in [0.2, 0.25) is 0 Å². The molecule has 0 bridgehead atoms. The maximum atomic E-state index is 13.6. The van der Waals surface area contributed by atoms with Crippen LogP contribution in [0.3, 0.4) is 0 Å². The molecule has 0 aliphatic carbocycles. The molecule has 138 valence electrons. The number of nitrogens with zero attached hydrogens (tertiary/aromatic N) is 5. The fourth-order valence-corrected chi connectivity index (χ4v) is 2.72. The lowest BCUT2D eigenvalue weighted by Crippen LogP contribution is -2.15. The molecular formula is C16H16F3N5O2. The van der Waals surface area contributed by atoms with E-state index in [-0.39, 0.29) is 35.6 Å². The third kappa shape index (κ3) is 3.26. The molecule has 3 aromatic rings. The minimum atomic E-state index is -4.60. The summed E-state index contributed by atoms with van der Waals surface area (Å²) in [5.74, 6) is -0.598.